The first-order valence-electron chi connectivity index (χ1n) is 10.9. The number of rotatable bonds is 10. The summed E-state index contributed by atoms with van der Waals surface area (Å²) in [5.41, 5.74) is 0.783. The summed E-state index contributed by atoms with van der Waals surface area (Å²) in [4.78, 5) is 40.0. The van der Waals surface area contributed by atoms with Crippen LogP contribution in [-0.2, 0) is 14.6 Å². The molecule has 9 nitrogen and oxygen atoms in total. The standard InChI is InChI=1S/C24H28N2O7S/c1-5-8-21(27)25-17-10-7-9-16-22(17)24(29)26(23(16)28)18(14-34(4,30)31)15-11-12-19(32-3)20(13-15)33-6-2/h7,9-13,18H,5-6,8,14H2,1-4H3,(H,25,27)/t18-/m1/s1. The number of ether oxygens (including phenoxy) is 2. The number of sulfone groups is 1. The molecule has 0 radical (unpaired) electrons. The number of hydrogen-bond acceptors (Lipinski definition) is 7. The van der Waals surface area contributed by atoms with E-state index in [-0.39, 0.29) is 29.1 Å². The number of fused-ring (bicyclic) bond motifs is 1. The van der Waals surface area contributed by atoms with Crippen molar-refractivity contribution in [3.63, 3.8) is 0 Å². The Balaban J connectivity index is 2.09. The van der Waals surface area contributed by atoms with E-state index in [1.54, 1.807) is 37.3 Å². The molecule has 0 saturated carbocycles. The molecule has 34 heavy (non-hydrogen) atoms. The fourth-order valence-electron chi connectivity index (χ4n) is 3.91. The van der Waals surface area contributed by atoms with Crippen molar-refractivity contribution >= 4 is 33.2 Å². The number of benzene rings is 2. The first-order chi connectivity index (χ1) is 16.1. The van der Waals surface area contributed by atoms with E-state index in [0.717, 1.165) is 11.2 Å². The maximum Gasteiger partial charge on any atom is 0.264 e. The van der Waals surface area contributed by atoms with Crippen LogP contribution in [0.1, 0.15) is 59.0 Å². The van der Waals surface area contributed by atoms with E-state index in [1.807, 2.05) is 6.92 Å². The van der Waals surface area contributed by atoms with Gasteiger partial charge in [0, 0.05) is 12.7 Å². The van der Waals surface area contributed by atoms with Gasteiger partial charge in [0.25, 0.3) is 11.8 Å². The van der Waals surface area contributed by atoms with Crippen LogP contribution in [0.2, 0.25) is 0 Å². The number of hydrogen-bond donors (Lipinski definition) is 1. The fraction of sp³-hybridized carbons (Fsp3) is 0.375. The van der Waals surface area contributed by atoms with Crippen LogP contribution < -0.4 is 14.8 Å². The molecule has 3 amide bonds. The zero-order valence-corrected chi connectivity index (χ0v) is 20.4. The maximum absolute atomic E-state index is 13.5. The Bertz CT molecular complexity index is 1220. The van der Waals surface area contributed by atoms with Crippen molar-refractivity contribution in [3.8, 4) is 11.5 Å². The van der Waals surface area contributed by atoms with E-state index in [2.05, 4.69) is 5.32 Å². The highest BCUT2D eigenvalue weighted by atomic mass is 32.2. The predicted molar refractivity (Wildman–Crippen MR) is 127 cm³/mol. The van der Waals surface area contributed by atoms with Gasteiger partial charge >= 0.3 is 0 Å². The molecule has 0 fully saturated rings. The van der Waals surface area contributed by atoms with E-state index in [9.17, 15) is 22.8 Å². The lowest BCUT2D eigenvalue weighted by Gasteiger charge is -2.27. The first-order valence-corrected chi connectivity index (χ1v) is 13.0. The van der Waals surface area contributed by atoms with Crippen LogP contribution in [0.25, 0.3) is 0 Å². The molecule has 0 bridgehead atoms. The molecule has 0 aromatic heterocycles. The van der Waals surface area contributed by atoms with Crippen LogP contribution in [0.5, 0.6) is 11.5 Å². The van der Waals surface area contributed by atoms with Gasteiger partial charge in [-0.05, 0) is 43.2 Å². The summed E-state index contributed by atoms with van der Waals surface area (Å²) in [6.07, 6.45) is 1.93. The first kappa shape index (κ1) is 25.2. The molecule has 0 aliphatic carbocycles. The van der Waals surface area contributed by atoms with Crippen molar-refractivity contribution < 1.29 is 32.3 Å². The van der Waals surface area contributed by atoms with Crippen molar-refractivity contribution in [1.29, 1.82) is 0 Å². The quantitative estimate of drug-likeness (QED) is 0.510. The molecule has 0 unspecified atom stereocenters. The number of anilines is 1. The number of carbonyl (C=O) groups is 3. The molecule has 10 heteroatoms. The van der Waals surface area contributed by atoms with Gasteiger partial charge < -0.3 is 14.8 Å². The van der Waals surface area contributed by atoms with Gasteiger partial charge in [0.1, 0.15) is 9.84 Å². The molecular formula is C24H28N2O7S. The van der Waals surface area contributed by atoms with Crippen molar-refractivity contribution in [2.45, 2.75) is 32.7 Å². The van der Waals surface area contributed by atoms with E-state index in [1.165, 1.54) is 13.2 Å². The third kappa shape index (κ3) is 5.22. The average molecular weight is 489 g/mol. The summed E-state index contributed by atoms with van der Waals surface area (Å²) in [5, 5.41) is 2.69. The molecule has 3 rings (SSSR count). The summed E-state index contributed by atoms with van der Waals surface area (Å²) >= 11 is 0. The molecule has 1 N–H and O–H groups in total. The van der Waals surface area contributed by atoms with Crippen molar-refractivity contribution in [2.24, 2.45) is 0 Å². The van der Waals surface area contributed by atoms with Crippen molar-refractivity contribution in [1.82, 2.24) is 4.90 Å². The van der Waals surface area contributed by atoms with Gasteiger partial charge in [-0.3, -0.25) is 19.3 Å². The molecule has 1 aliphatic rings. The summed E-state index contributed by atoms with van der Waals surface area (Å²) in [6, 6.07) is 8.28. The number of amides is 3. The SMILES string of the molecule is CCCC(=O)Nc1cccc2c1C(=O)N([C@H](CS(C)(=O)=O)c1ccc(OC)c(OCC)c1)C2=O. The summed E-state index contributed by atoms with van der Waals surface area (Å²) in [6.45, 7) is 3.98. The Morgan fingerprint density at radius 3 is 2.44 bits per heavy atom. The fourth-order valence-corrected chi connectivity index (χ4v) is 4.82. The van der Waals surface area contributed by atoms with Crippen LogP contribution in [0.3, 0.4) is 0 Å². The smallest absolute Gasteiger partial charge is 0.264 e. The highest BCUT2D eigenvalue weighted by molar-refractivity contribution is 7.90. The van der Waals surface area contributed by atoms with Crippen LogP contribution in [0.4, 0.5) is 5.69 Å². The van der Waals surface area contributed by atoms with Gasteiger partial charge in [-0.25, -0.2) is 8.42 Å². The van der Waals surface area contributed by atoms with Crippen LogP contribution in [-0.4, -0.2) is 56.8 Å². The van der Waals surface area contributed by atoms with Crippen LogP contribution >= 0.6 is 0 Å². The Hall–Kier alpha value is -3.40. The Morgan fingerprint density at radius 1 is 1.09 bits per heavy atom. The van der Waals surface area contributed by atoms with Gasteiger partial charge in [-0.2, -0.15) is 0 Å². The molecule has 0 spiro atoms. The van der Waals surface area contributed by atoms with Gasteiger partial charge in [-0.15, -0.1) is 0 Å². The minimum atomic E-state index is -3.61. The average Bonchev–Trinajstić information content (AvgIpc) is 3.03. The highest BCUT2D eigenvalue weighted by Gasteiger charge is 2.43. The zero-order valence-electron chi connectivity index (χ0n) is 19.6. The third-order valence-corrected chi connectivity index (χ3v) is 6.26. The number of nitrogens with zero attached hydrogens (tertiary/aromatic N) is 1. The topological polar surface area (TPSA) is 119 Å². The highest BCUT2D eigenvalue weighted by Crippen LogP contribution is 2.38. The largest absolute Gasteiger partial charge is 0.493 e. The molecule has 1 heterocycles. The minimum absolute atomic E-state index is 0.0500. The van der Waals surface area contributed by atoms with Crippen LogP contribution in [0.15, 0.2) is 36.4 Å². The molecule has 1 aliphatic heterocycles. The summed E-state index contributed by atoms with van der Waals surface area (Å²) < 4.78 is 35.5. The second-order valence-electron chi connectivity index (χ2n) is 7.96. The minimum Gasteiger partial charge on any atom is -0.493 e. The second kappa shape index (κ2) is 10.3. The molecule has 1 atom stereocenters. The van der Waals surface area contributed by atoms with Crippen LogP contribution in [0, 0.1) is 0 Å². The Morgan fingerprint density at radius 2 is 1.82 bits per heavy atom. The van der Waals surface area contributed by atoms with Crippen molar-refractivity contribution in [2.75, 3.05) is 31.0 Å². The second-order valence-corrected chi connectivity index (χ2v) is 10.1. The molecule has 2 aromatic rings. The lowest BCUT2D eigenvalue weighted by Crippen LogP contribution is -2.37. The zero-order chi connectivity index (χ0) is 25.0. The summed E-state index contributed by atoms with van der Waals surface area (Å²) in [7, 11) is -2.13. The Labute approximate surface area is 199 Å². The van der Waals surface area contributed by atoms with Gasteiger partial charge in [-0.1, -0.05) is 19.1 Å². The van der Waals surface area contributed by atoms with Crippen molar-refractivity contribution in [3.05, 3.63) is 53.1 Å². The molecular weight excluding hydrogens is 460 g/mol. The number of nitrogens with one attached hydrogen (secondary N) is 1. The normalized spacial score (nSPS) is 14.1. The van der Waals surface area contributed by atoms with E-state index >= 15 is 0 Å². The number of carbonyl (C=O) groups excluding carboxylic acids is 3. The third-order valence-electron chi connectivity index (χ3n) is 5.34. The lowest BCUT2D eigenvalue weighted by molar-refractivity contribution is -0.116. The molecule has 2 aromatic carbocycles. The number of imide groups is 1. The van der Waals surface area contributed by atoms with E-state index in [4.69, 9.17) is 9.47 Å². The summed E-state index contributed by atoms with van der Waals surface area (Å²) in [5.74, 6) is -1.26. The lowest BCUT2D eigenvalue weighted by atomic mass is 10.1. The van der Waals surface area contributed by atoms with Gasteiger partial charge in [0.05, 0.1) is 42.3 Å². The molecule has 182 valence electrons. The maximum atomic E-state index is 13.5. The Kier molecular flexibility index (Phi) is 7.61. The predicted octanol–water partition coefficient (Wildman–Crippen LogP) is 3.21. The monoisotopic (exact) mass is 488 g/mol. The molecule has 0 saturated heterocycles. The van der Waals surface area contributed by atoms with E-state index < -0.39 is 33.4 Å². The van der Waals surface area contributed by atoms with Gasteiger partial charge in [0.2, 0.25) is 5.91 Å². The van der Waals surface area contributed by atoms with Gasteiger partial charge in [0.15, 0.2) is 11.5 Å². The number of methoxy groups -OCH3 is 1. The van der Waals surface area contributed by atoms with E-state index in [0.29, 0.717) is 30.1 Å².